The molecule has 202 valence electrons. The van der Waals surface area contributed by atoms with E-state index in [4.69, 9.17) is 9.47 Å². The number of hydrogen-bond acceptors (Lipinski definition) is 8. The molecule has 4 rings (SSSR count). The number of fused-ring (bicyclic) bond motifs is 1. The number of benzene rings is 1. The summed E-state index contributed by atoms with van der Waals surface area (Å²) in [6.45, 7) is 5.39. The van der Waals surface area contributed by atoms with Crippen LogP contribution in [0.4, 0.5) is 0 Å². The van der Waals surface area contributed by atoms with Gasteiger partial charge >= 0.3 is 11.7 Å². The van der Waals surface area contributed by atoms with Gasteiger partial charge < -0.3 is 18.8 Å². The number of aromatic amines is 1. The predicted molar refractivity (Wildman–Crippen MR) is 135 cm³/mol. The largest absolute Gasteiger partial charge is 0.459 e. The molecule has 1 N–H and O–H groups in total. The molecule has 38 heavy (non-hydrogen) atoms. The number of carbonyl (C=O) groups is 4. The number of ketones is 1. The lowest BCUT2D eigenvalue weighted by Crippen LogP contribution is -2.37. The first-order chi connectivity index (χ1) is 18.1. The first-order valence-corrected chi connectivity index (χ1v) is 12.8. The number of nitrogens with one attached hydrogen (secondary N) is 1. The average Bonchev–Trinajstić information content (AvgIpc) is 3.32. The number of hydrogen-bond donors (Lipinski definition) is 1. The first-order valence-electron chi connectivity index (χ1n) is 12.8. The van der Waals surface area contributed by atoms with Crippen molar-refractivity contribution in [2.75, 3.05) is 6.54 Å². The van der Waals surface area contributed by atoms with Gasteiger partial charge in [0.15, 0.2) is 0 Å². The molecule has 2 aliphatic rings. The molecule has 2 aliphatic heterocycles. The lowest BCUT2D eigenvalue weighted by atomic mass is 9.94. The number of esters is 1. The van der Waals surface area contributed by atoms with Crippen molar-refractivity contribution in [3.63, 3.8) is 0 Å². The van der Waals surface area contributed by atoms with E-state index in [1.807, 2.05) is 13.8 Å². The second-order valence-electron chi connectivity index (χ2n) is 9.72. The molecule has 11 nitrogen and oxygen atoms in total. The summed E-state index contributed by atoms with van der Waals surface area (Å²) in [5, 5.41) is 0. The Morgan fingerprint density at radius 1 is 1.03 bits per heavy atom. The highest BCUT2D eigenvalue weighted by Crippen LogP contribution is 2.39. The van der Waals surface area contributed by atoms with Gasteiger partial charge in [0.2, 0.25) is 0 Å². The summed E-state index contributed by atoms with van der Waals surface area (Å²) in [4.78, 5) is 77.6. The van der Waals surface area contributed by atoms with Gasteiger partial charge in [0, 0.05) is 31.6 Å². The van der Waals surface area contributed by atoms with Crippen LogP contribution in [0.25, 0.3) is 0 Å². The predicted octanol–water partition coefficient (Wildman–Crippen LogP) is 1.99. The number of imide groups is 1. The van der Waals surface area contributed by atoms with E-state index in [0.29, 0.717) is 17.5 Å². The highest BCUT2D eigenvalue weighted by Gasteiger charge is 2.45. The molecule has 0 bridgehead atoms. The number of aromatic nitrogens is 2. The van der Waals surface area contributed by atoms with Crippen molar-refractivity contribution in [1.82, 2.24) is 14.5 Å². The van der Waals surface area contributed by atoms with Gasteiger partial charge in [-0.2, -0.15) is 0 Å². The van der Waals surface area contributed by atoms with E-state index in [1.54, 1.807) is 24.3 Å². The molecular formula is C27H31N3O8. The van der Waals surface area contributed by atoms with Crippen LogP contribution in [-0.2, 0) is 25.6 Å². The Balaban J connectivity index is 1.50. The van der Waals surface area contributed by atoms with Gasteiger partial charge in [0.25, 0.3) is 17.4 Å². The third-order valence-electron chi connectivity index (χ3n) is 7.08. The number of nitrogens with zero attached hydrogens (tertiary/aromatic N) is 2. The summed E-state index contributed by atoms with van der Waals surface area (Å²) in [6, 6.07) is 6.59. The number of amides is 2. The molecule has 0 spiro atoms. The van der Waals surface area contributed by atoms with E-state index in [0.717, 1.165) is 4.90 Å². The molecule has 11 heteroatoms. The van der Waals surface area contributed by atoms with Crippen LogP contribution in [0.15, 0.2) is 40.1 Å². The topological polar surface area (TPSA) is 145 Å². The highest BCUT2D eigenvalue weighted by atomic mass is 16.6. The standard InChI is InChI=1S/C27H31N3O8/c1-4-20-16(3)22(38-21(32)11-10-15(2)31)23(37-20)19-14-29(27(36)28-24(19)33)12-7-13-30-25(34)17-8-5-6-9-18(17)26(30)35/h5-6,8-9,14,16,20,22-23H,4,7,10-13H2,1-3H3,(H,28,33,36)/t16?,20-,22+,23+/m1/s1. The lowest BCUT2D eigenvalue weighted by Gasteiger charge is -2.22. The van der Waals surface area contributed by atoms with Crippen LogP contribution in [0.5, 0.6) is 0 Å². The Morgan fingerprint density at radius 2 is 1.68 bits per heavy atom. The second-order valence-corrected chi connectivity index (χ2v) is 9.72. The Hall–Kier alpha value is -3.86. The number of aryl methyl sites for hydroxylation is 1. The van der Waals surface area contributed by atoms with Crippen molar-refractivity contribution in [3.8, 4) is 0 Å². The molecule has 0 saturated carbocycles. The van der Waals surface area contributed by atoms with E-state index in [1.165, 1.54) is 17.7 Å². The first kappa shape index (κ1) is 27.2. The van der Waals surface area contributed by atoms with Crippen molar-refractivity contribution >= 4 is 23.6 Å². The number of H-pyrrole nitrogens is 1. The van der Waals surface area contributed by atoms with E-state index < -0.39 is 29.4 Å². The van der Waals surface area contributed by atoms with Gasteiger partial charge in [-0.15, -0.1) is 0 Å². The maximum Gasteiger partial charge on any atom is 0.328 e. The zero-order chi connectivity index (χ0) is 27.6. The summed E-state index contributed by atoms with van der Waals surface area (Å²) in [7, 11) is 0. The summed E-state index contributed by atoms with van der Waals surface area (Å²) in [5.74, 6) is -1.68. The van der Waals surface area contributed by atoms with Crippen LogP contribution in [0.1, 0.15) is 78.8 Å². The Morgan fingerprint density at radius 3 is 2.29 bits per heavy atom. The average molecular weight is 526 g/mol. The second kappa shape index (κ2) is 11.3. The smallest absolute Gasteiger partial charge is 0.328 e. The normalized spacial score (nSPS) is 22.6. The van der Waals surface area contributed by atoms with Crippen LogP contribution in [0, 0.1) is 5.92 Å². The van der Waals surface area contributed by atoms with E-state index in [9.17, 15) is 28.8 Å². The molecule has 1 aromatic carbocycles. The summed E-state index contributed by atoms with van der Waals surface area (Å²) < 4.78 is 13.0. The fourth-order valence-electron chi connectivity index (χ4n) is 4.99. The van der Waals surface area contributed by atoms with Crippen LogP contribution in [0.3, 0.4) is 0 Å². The minimum absolute atomic E-state index is 0.0568. The maximum atomic E-state index is 12.8. The molecule has 1 fully saturated rings. The third-order valence-corrected chi connectivity index (χ3v) is 7.08. The molecule has 4 atom stereocenters. The van der Waals surface area contributed by atoms with Crippen molar-refractivity contribution in [1.29, 1.82) is 0 Å². The van der Waals surface area contributed by atoms with Crippen molar-refractivity contribution in [2.24, 2.45) is 5.92 Å². The zero-order valence-corrected chi connectivity index (χ0v) is 21.6. The lowest BCUT2D eigenvalue weighted by molar-refractivity contribution is -0.154. The van der Waals surface area contributed by atoms with Crippen molar-refractivity contribution in [2.45, 2.75) is 71.3 Å². The molecule has 2 aromatic rings. The Kier molecular flexibility index (Phi) is 8.05. The van der Waals surface area contributed by atoms with E-state index in [-0.39, 0.29) is 67.5 Å². The Labute approximate surface area is 218 Å². The van der Waals surface area contributed by atoms with Gasteiger partial charge in [-0.1, -0.05) is 26.0 Å². The molecule has 1 saturated heterocycles. The molecule has 1 unspecified atom stereocenters. The van der Waals surface area contributed by atoms with E-state index in [2.05, 4.69) is 4.98 Å². The van der Waals surface area contributed by atoms with Crippen LogP contribution >= 0.6 is 0 Å². The summed E-state index contributed by atoms with van der Waals surface area (Å²) in [5.41, 5.74) is -0.456. The molecule has 0 radical (unpaired) electrons. The molecule has 1 aromatic heterocycles. The molecule has 3 heterocycles. The Bertz CT molecular complexity index is 1340. The quantitative estimate of drug-likeness (QED) is 0.366. The summed E-state index contributed by atoms with van der Waals surface area (Å²) >= 11 is 0. The number of carbonyl (C=O) groups excluding carboxylic acids is 4. The van der Waals surface area contributed by atoms with Crippen LogP contribution in [-0.4, -0.2) is 56.8 Å². The highest BCUT2D eigenvalue weighted by molar-refractivity contribution is 6.21. The molecule has 2 amide bonds. The van der Waals surface area contributed by atoms with Gasteiger partial charge in [-0.05, 0) is 31.9 Å². The minimum atomic E-state index is -0.900. The summed E-state index contributed by atoms with van der Waals surface area (Å²) in [6.07, 6.45) is 0.315. The van der Waals surface area contributed by atoms with Crippen LogP contribution in [0.2, 0.25) is 0 Å². The van der Waals surface area contributed by atoms with Gasteiger partial charge in [0.05, 0.1) is 29.2 Å². The van der Waals surface area contributed by atoms with Gasteiger partial charge in [-0.3, -0.25) is 29.1 Å². The number of rotatable bonds is 10. The van der Waals surface area contributed by atoms with Gasteiger partial charge in [-0.25, -0.2) is 4.79 Å². The monoisotopic (exact) mass is 525 g/mol. The minimum Gasteiger partial charge on any atom is -0.459 e. The number of ether oxygens (including phenoxy) is 2. The maximum absolute atomic E-state index is 12.8. The van der Waals surface area contributed by atoms with Crippen molar-refractivity contribution in [3.05, 3.63) is 68.0 Å². The molecule has 0 aliphatic carbocycles. The number of Topliss-reactive ketones (excluding diaryl/α,β-unsaturated/α-hetero) is 1. The third kappa shape index (κ3) is 5.38. The van der Waals surface area contributed by atoms with Crippen molar-refractivity contribution < 1.29 is 28.7 Å². The fourth-order valence-corrected chi connectivity index (χ4v) is 4.99. The van der Waals surface area contributed by atoms with E-state index >= 15 is 0 Å². The molecular weight excluding hydrogens is 494 g/mol. The SMILES string of the molecule is CC[C@H]1O[C@@H](c2cn(CCCN3C(=O)c4ccccc4C3=O)c(=O)[nH]c2=O)[C@@H](OC(=O)CCC(C)=O)C1C. The fraction of sp³-hybridized carbons (Fsp3) is 0.481. The van der Waals surface area contributed by atoms with Crippen LogP contribution < -0.4 is 11.2 Å². The van der Waals surface area contributed by atoms with Gasteiger partial charge in [0.1, 0.15) is 18.0 Å². The zero-order valence-electron chi connectivity index (χ0n) is 21.6.